The van der Waals surface area contributed by atoms with Gasteiger partial charge in [-0.2, -0.15) is 0 Å². The van der Waals surface area contributed by atoms with Gasteiger partial charge in [0.2, 0.25) is 0 Å². The van der Waals surface area contributed by atoms with Crippen molar-refractivity contribution in [1.82, 2.24) is 20.0 Å². The molecule has 0 aliphatic carbocycles. The Morgan fingerprint density at radius 1 is 1.05 bits per heavy atom. The van der Waals surface area contributed by atoms with Gasteiger partial charge in [0, 0.05) is 57.4 Å². The summed E-state index contributed by atoms with van der Waals surface area (Å²) in [5, 5.41) is 3.37. The number of piperazine rings is 2. The van der Waals surface area contributed by atoms with Crippen LogP contribution in [0.15, 0.2) is 0 Å². The van der Waals surface area contributed by atoms with E-state index in [9.17, 15) is 9.59 Å². The van der Waals surface area contributed by atoms with Crippen LogP contribution in [0.4, 0.5) is 0 Å². The fourth-order valence-corrected chi connectivity index (χ4v) is 4.07. The zero-order valence-electron chi connectivity index (χ0n) is 14.0. The number of carbonyl (C=O) groups is 2. The second kappa shape index (κ2) is 5.81. The lowest BCUT2D eigenvalue weighted by molar-refractivity contribution is -0.154. The van der Waals surface area contributed by atoms with Gasteiger partial charge in [-0.1, -0.05) is 6.92 Å². The average Bonchev–Trinajstić information content (AvgIpc) is 2.83. The van der Waals surface area contributed by atoms with E-state index in [1.54, 1.807) is 9.80 Å². The first kappa shape index (κ1) is 15.7. The number of carbonyl (C=O) groups excluding carboxylic acids is 2. The standard InChI is InChI=1S/C16H28N4O2/c1-12-8-13-10-19(7-6-18(13)9-12)14(21)15(22)20-5-4-17-16(2,3)11-20/h12-13,17H,4-11H2,1-3H3. The van der Waals surface area contributed by atoms with Gasteiger partial charge in [-0.05, 0) is 26.2 Å². The Morgan fingerprint density at radius 2 is 1.77 bits per heavy atom. The predicted octanol–water partition coefficient (Wildman–Crippen LogP) is -0.251. The molecule has 3 aliphatic rings. The van der Waals surface area contributed by atoms with E-state index < -0.39 is 0 Å². The van der Waals surface area contributed by atoms with Crippen LogP contribution in [-0.2, 0) is 9.59 Å². The Labute approximate surface area is 132 Å². The van der Waals surface area contributed by atoms with Gasteiger partial charge in [-0.25, -0.2) is 0 Å². The number of rotatable bonds is 0. The molecule has 0 aromatic heterocycles. The third-order valence-electron chi connectivity index (χ3n) is 5.15. The monoisotopic (exact) mass is 308 g/mol. The van der Waals surface area contributed by atoms with Crippen molar-refractivity contribution in [2.75, 3.05) is 45.8 Å². The SMILES string of the molecule is CC1CC2CN(C(=O)C(=O)N3CCNC(C)(C)C3)CCN2C1. The van der Waals surface area contributed by atoms with Crippen LogP contribution in [0.25, 0.3) is 0 Å². The van der Waals surface area contributed by atoms with Crippen molar-refractivity contribution in [3.05, 3.63) is 0 Å². The number of hydrogen-bond donors (Lipinski definition) is 1. The highest BCUT2D eigenvalue weighted by Crippen LogP contribution is 2.26. The number of hydrogen-bond acceptors (Lipinski definition) is 4. The third kappa shape index (κ3) is 3.13. The molecule has 0 aromatic rings. The van der Waals surface area contributed by atoms with Crippen LogP contribution in [0.3, 0.4) is 0 Å². The van der Waals surface area contributed by atoms with E-state index in [1.807, 2.05) is 0 Å². The Bertz CT molecular complexity index is 465. The quantitative estimate of drug-likeness (QED) is 0.627. The molecule has 124 valence electrons. The van der Waals surface area contributed by atoms with Crippen LogP contribution in [0.2, 0.25) is 0 Å². The second-order valence-electron chi connectivity index (χ2n) is 7.78. The molecule has 0 bridgehead atoms. The lowest BCUT2D eigenvalue weighted by atomic mass is 10.0. The molecule has 3 heterocycles. The Hall–Kier alpha value is -1.14. The van der Waals surface area contributed by atoms with E-state index in [0.29, 0.717) is 38.1 Å². The molecule has 0 spiro atoms. The molecule has 22 heavy (non-hydrogen) atoms. The molecule has 1 N–H and O–H groups in total. The highest BCUT2D eigenvalue weighted by molar-refractivity contribution is 6.35. The fourth-order valence-electron chi connectivity index (χ4n) is 4.07. The van der Waals surface area contributed by atoms with Gasteiger partial charge >= 0.3 is 11.8 Å². The minimum atomic E-state index is -0.325. The van der Waals surface area contributed by atoms with E-state index in [4.69, 9.17) is 0 Å². The summed E-state index contributed by atoms with van der Waals surface area (Å²) in [4.78, 5) is 31.1. The van der Waals surface area contributed by atoms with E-state index in [0.717, 1.165) is 26.1 Å². The van der Waals surface area contributed by atoms with Crippen LogP contribution in [0.5, 0.6) is 0 Å². The minimum Gasteiger partial charge on any atom is -0.332 e. The number of amides is 2. The number of nitrogens with one attached hydrogen (secondary N) is 1. The number of fused-ring (bicyclic) bond motifs is 1. The predicted molar refractivity (Wildman–Crippen MR) is 84.4 cm³/mol. The van der Waals surface area contributed by atoms with Gasteiger partial charge < -0.3 is 15.1 Å². The molecule has 2 unspecified atom stereocenters. The number of nitrogens with zero attached hydrogens (tertiary/aromatic N) is 3. The third-order valence-corrected chi connectivity index (χ3v) is 5.15. The summed E-state index contributed by atoms with van der Waals surface area (Å²) < 4.78 is 0. The summed E-state index contributed by atoms with van der Waals surface area (Å²) >= 11 is 0. The Kier molecular flexibility index (Phi) is 4.16. The molecule has 2 atom stereocenters. The molecule has 3 fully saturated rings. The summed E-state index contributed by atoms with van der Waals surface area (Å²) in [6.07, 6.45) is 1.14. The van der Waals surface area contributed by atoms with Crippen molar-refractivity contribution in [3.63, 3.8) is 0 Å². The highest BCUT2D eigenvalue weighted by atomic mass is 16.2. The van der Waals surface area contributed by atoms with Crippen molar-refractivity contribution >= 4 is 11.8 Å². The fraction of sp³-hybridized carbons (Fsp3) is 0.875. The molecular weight excluding hydrogens is 280 g/mol. The lowest BCUT2D eigenvalue weighted by Crippen LogP contribution is -2.62. The smallest absolute Gasteiger partial charge is 0.312 e. The molecule has 0 saturated carbocycles. The maximum atomic E-state index is 12.6. The molecule has 3 aliphatic heterocycles. The first-order chi connectivity index (χ1) is 10.4. The first-order valence-corrected chi connectivity index (χ1v) is 8.43. The lowest BCUT2D eigenvalue weighted by Gasteiger charge is -2.41. The maximum Gasteiger partial charge on any atom is 0.312 e. The summed E-state index contributed by atoms with van der Waals surface area (Å²) in [6, 6.07) is 0.444. The van der Waals surface area contributed by atoms with Crippen molar-refractivity contribution in [2.45, 2.75) is 38.8 Å². The maximum absolute atomic E-state index is 12.6. The van der Waals surface area contributed by atoms with Crippen molar-refractivity contribution in [2.24, 2.45) is 5.92 Å². The second-order valence-corrected chi connectivity index (χ2v) is 7.78. The summed E-state index contributed by atoms with van der Waals surface area (Å²) in [6.45, 7) is 11.8. The van der Waals surface area contributed by atoms with E-state index in [2.05, 4.69) is 31.0 Å². The Balaban J connectivity index is 1.60. The van der Waals surface area contributed by atoms with Gasteiger partial charge in [-0.3, -0.25) is 14.5 Å². The van der Waals surface area contributed by atoms with Gasteiger partial charge in [0.15, 0.2) is 0 Å². The van der Waals surface area contributed by atoms with Crippen LogP contribution in [-0.4, -0.2) is 83.9 Å². The van der Waals surface area contributed by atoms with Gasteiger partial charge in [0.1, 0.15) is 0 Å². The summed E-state index contributed by atoms with van der Waals surface area (Å²) in [7, 11) is 0. The van der Waals surface area contributed by atoms with Crippen LogP contribution in [0.1, 0.15) is 27.2 Å². The minimum absolute atomic E-state index is 0.117. The molecule has 6 nitrogen and oxygen atoms in total. The highest BCUT2D eigenvalue weighted by Gasteiger charge is 2.39. The summed E-state index contributed by atoms with van der Waals surface area (Å²) in [5.74, 6) is 0.0655. The van der Waals surface area contributed by atoms with E-state index in [-0.39, 0.29) is 17.4 Å². The van der Waals surface area contributed by atoms with E-state index >= 15 is 0 Å². The zero-order chi connectivity index (χ0) is 15.9. The van der Waals surface area contributed by atoms with Crippen molar-refractivity contribution in [1.29, 1.82) is 0 Å². The zero-order valence-corrected chi connectivity index (χ0v) is 14.0. The van der Waals surface area contributed by atoms with Gasteiger partial charge in [-0.15, -0.1) is 0 Å². The largest absolute Gasteiger partial charge is 0.332 e. The van der Waals surface area contributed by atoms with Crippen LogP contribution in [0, 0.1) is 5.92 Å². The molecule has 0 radical (unpaired) electrons. The molecule has 3 rings (SSSR count). The van der Waals surface area contributed by atoms with Crippen LogP contribution < -0.4 is 5.32 Å². The molecule has 0 aromatic carbocycles. The van der Waals surface area contributed by atoms with E-state index in [1.165, 1.54) is 0 Å². The first-order valence-electron chi connectivity index (χ1n) is 8.43. The Morgan fingerprint density at radius 3 is 2.50 bits per heavy atom. The summed E-state index contributed by atoms with van der Waals surface area (Å²) in [5.41, 5.74) is -0.117. The van der Waals surface area contributed by atoms with Gasteiger partial charge in [0.25, 0.3) is 0 Å². The van der Waals surface area contributed by atoms with Gasteiger partial charge in [0.05, 0.1) is 0 Å². The van der Waals surface area contributed by atoms with Crippen molar-refractivity contribution in [3.8, 4) is 0 Å². The molecular formula is C16H28N4O2. The molecule has 6 heteroatoms. The molecule has 3 saturated heterocycles. The molecule has 2 amide bonds. The topological polar surface area (TPSA) is 55.9 Å². The normalized spacial score (nSPS) is 32.0. The average molecular weight is 308 g/mol. The van der Waals surface area contributed by atoms with Crippen molar-refractivity contribution < 1.29 is 9.59 Å². The van der Waals surface area contributed by atoms with Crippen LogP contribution >= 0.6 is 0 Å².